The minimum absolute atomic E-state index is 0.0539. The minimum Gasteiger partial charge on any atom is -0.482 e. The molecule has 0 saturated heterocycles. The van der Waals surface area contributed by atoms with Crippen molar-refractivity contribution >= 4 is 49.4 Å². The summed E-state index contributed by atoms with van der Waals surface area (Å²) in [5.41, 5.74) is 2.02. The molecule has 2 aromatic rings. The number of rotatable bonds is 7. The van der Waals surface area contributed by atoms with Gasteiger partial charge >= 0.3 is 0 Å². The van der Waals surface area contributed by atoms with Crippen LogP contribution in [0.4, 0.5) is 5.69 Å². The fourth-order valence-corrected chi connectivity index (χ4v) is 4.18. The van der Waals surface area contributed by atoms with Crippen LogP contribution in [0.2, 0.25) is 0 Å². The maximum Gasteiger partial charge on any atom is 0.262 e. The maximum atomic E-state index is 12.4. The highest BCUT2D eigenvalue weighted by atomic mass is 79.9. The van der Waals surface area contributed by atoms with E-state index in [0.29, 0.717) is 30.1 Å². The van der Waals surface area contributed by atoms with Crippen molar-refractivity contribution in [2.75, 3.05) is 25.0 Å². The van der Waals surface area contributed by atoms with Gasteiger partial charge in [-0.05, 0) is 72.6 Å². The zero-order chi connectivity index (χ0) is 20.0. The van der Waals surface area contributed by atoms with Gasteiger partial charge in [-0.3, -0.25) is 9.59 Å². The SMILES string of the molecule is CCN(CC)C(=O)c1cccc(NC(=O)COc2c(C)cc(Br)cc2Br)c1. The highest BCUT2D eigenvalue weighted by molar-refractivity contribution is 9.11. The number of ether oxygens (including phenoxy) is 1. The Morgan fingerprint density at radius 1 is 1.11 bits per heavy atom. The van der Waals surface area contributed by atoms with E-state index in [2.05, 4.69) is 37.2 Å². The Morgan fingerprint density at radius 2 is 1.81 bits per heavy atom. The van der Waals surface area contributed by atoms with Crippen molar-refractivity contribution < 1.29 is 14.3 Å². The fraction of sp³-hybridized carbons (Fsp3) is 0.300. The van der Waals surface area contributed by atoms with E-state index in [1.54, 1.807) is 29.2 Å². The highest BCUT2D eigenvalue weighted by Crippen LogP contribution is 2.32. The molecule has 0 radical (unpaired) electrons. The number of anilines is 1. The molecule has 0 aromatic heterocycles. The van der Waals surface area contributed by atoms with Gasteiger partial charge in [0.2, 0.25) is 0 Å². The third kappa shape index (κ3) is 5.81. The molecule has 0 spiro atoms. The largest absolute Gasteiger partial charge is 0.482 e. The summed E-state index contributed by atoms with van der Waals surface area (Å²) in [6, 6.07) is 10.7. The predicted molar refractivity (Wildman–Crippen MR) is 114 cm³/mol. The minimum atomic E-state index is -0.295. The van der Waals surface area contributed by atoms with Crippen molar-refractivity contribution in [2.24, 2.45) is 0 Å². The Morgan fingerprint density at radius 3 is 2.44 bits per heavy atom. The monoisotopic (exact) mass is 496 g/mol. The molecule has 2 rings (SSSR count). The standard InChI is InChI=1S/C20H22Br2N2O3/c1-4-24(5-2)20(26)14-7-6-8-16(10-14)23-18(25)12-27-19-13(3)9-15(21)11-17(19)22/h6-11H,4-5,12H2,1-3H3,(H,23,25). The van der Waals surface area contributed by atoms with Gasteiger partial charge in [0.05, 0.1) is 4.47 Å². The van der Waals surface area contributed by atoms with E-state index in [4.69, 9.17) is 4.74 Å². The normalized spacial score (nSPS) is 10.4. The lowest BCUT2D eigenvalue weighted by molar-refractivity contribution is -0.118. The number of carbonyl (C=O) groups is 2. The number of nitrogens with zero attached hydrogens (tertiary/aromatic N) is 1. The number of carbonyl (C=O) groups excluding carboxylic acids is 2. The van der Waals surface area contributed by atoms with Gasteiger partial charge in [0.15, 0.2) is 6.61 Å². The molecule has 0 bridgehead atoms. The van der Waals surface area contributed by atoms with Gasteiger partial charge in [0.25, 0.3) is 11.8 Å². The molecule has 2 amide bonds. The van der Waals surface area contributed by atoms with Gasteiger partial charge in [-0.2, -0.15) is 0 Å². The lowest BCUT2D eigenvalue weighted by Gasteiger charge is -2.19. The van der Waals surface area contributed by atoms with Crippen LogP contribution in [0.5, 0.6) is 5.75 Å². The third-order valence-electron chi connectivity index (χ3n) is 3.99. The second kappa shape index (κ2) is 9.90. The number of nitrogens with one attached hydrogen (secondary N) is 1. The Hall–Kier alpha value is -1.86. The first-order chi connectivity index (χ1) is 12.8. The molecule has 0 aliphatic rings. The number of hydrogen-bond donors (Lipinski definition) is 1. The lowest BCUT2D eigenvalue weighted by atomic mass is 10.1. The van der Waals surface area contributed by atoms with E-state index in [9.17, 15) is 9.59 Å². The number of aryl methyl sites for hydroxylation is 1. The van der Waals surface area contributed by atoms with Gasteiger partial charge in [-0.1, -0.05) is 22.0 Å². The summed E-state index contributed by atoms with van der Waals surface area (Å²) in [6.07, 6.45) is 0. The van der Waals surface area contributed by atoms with E-state index >= 15 is 0 Å². The van der Waals surface area contributed by atoms with Crippen molar-refractivity contribution in [3.8, 4) is 5.75 Å². The van der Waals surface area contributed by atoms with Crippen LogP contribution in [-0.2, 0) is 4.79 Å². The number of halogens is 2. The van der Waals surface area contributed by atoms with E-state index in [-0.39, 0.29) is 18.4 Å². The third-order valence-corrected chi connectivity index (χ3v) is 5.03. The topological polar surface area (TPSA) is 58.6 Å². The Balaban J connectivity index is 2.02. The van der Waals surface area contributed by atoms with E-state index in [1.807, 2.05) is 32.9 Å². The highest BCUT2D eigenvalue weighted by Gasteiger charge is 2.14. The molecule has 144 valence electrons. The number of benzene rings is 2. The van der Waals surface area contributed by atoms with Crippen LogP contribution >= 0.6 is 31.9 Å². The quantitative estimate of drug-likeness (QED) is 0.584. The number of hydrogen-bond acceptors (Lipinski definition) is 3. The lowest BCUT2D eigenvalue weighted by Crippen LogP contribution is -2.30. The van der Waals surface area contributed by atoms with Crippen molar-refractivity contribution in [3.05, 3.63) is 56.5 Å². The number of amides is 2. The zero-order valence-electron chi connectivity index (χ0n) is 15.5. The molecular weight excluding hydrogens is 476 g/mol. The summed E-state index contributed by atoms with van der Waals surface area (Å²) >= 11 is 6.85. The van der Waals surface area contributed by atoms with Gasteiger partial charge in [-0.15, -0.1) is 0 Å². The molecule has 0 unspecified atom stereocenters. The summed E-state index contributed by atoms with van der Waals surface area (Å²) in [6.45, 7) is 6.93. The maximum absolute atomic E-state index is 12.4. The summed E-state index contributed by atoms with van der Waals surface area (Å²) < 4.78 is 7.35. The van der Waals surface area contributed by atoms with Gasteiger partial charge in [-0.25, -0.2) is 0 Å². The van der Waals surface area contributed by atoms with Crippen LogP contribution < -0.4 is 10.1 Å². The molecule has 0 atom stereocenters. The molecule has 0 heterocycles. The van der Waals surface area contributed by atoms with E-state index in [0.717, 1.165) is 14.5 Å². The van der Waals surface area contributed by atoms with Crippen LogP contribution in [-0.4, -0.2) is 36.4 Å². The van der Waals surface area contributed by atoms with Crippen LogP contribution in [0.1, 0.15) is 29.8 Å². The average molecular weight is 498 g/mol. The molecule has 27 heavy (non-hydrogen) atoms. The first-order valence-corrected chi connectivity index (χ1v) is 10.2. The van der Waals surface area contributed by atoms with Crippen LogP contribution in [0, 0.1) is 6.92 Å². The van der Waals surface area contributed by atoms with Crippen molar-refractivity contribution in [1.29, 1.82) is 0 Å². The second-order valence-electron chi connectivity index (χ2n) is 5.93. The first kappa shape index (κ1) is 21.4. The summed E-state index contributed by atoms with van der Waals surface area (Å²) in [7, 11) is 0. The molecule has 0 saturated carbocycles. The Bertz CT molecular complexity index is 813. The first-order valence-electron chi connectivity index (χ1n) is 8.63. The smallest absolute Gasteiger partial charge is 0.262 e. The van der Waals surface area contributed by atoms with Gasteiger partial charge in [0, 0.05) is 28.8 Å². The summed E-state index contributed by atoms with van der Waals surface area (Å²) in [5, 5.41) is 2.77. The van der Waals surface area contributed by atoms with Gasteiger partial charge in [0.1, 0.15) is 5.75 Å². The Kier molecular flexibility index (Phi) is 7.86. The van der Waals surface area contributed by atoms with Gasteiger partial charge < -0.3 is 15.0 Å². The average Bonchev–Trinajstić information content (AvgIpc) is 2.62. The molecule has 1 N–H and O–H groups in total. The molecular formula is C20H22Br2N2O3. The van der Waals surface area contributed by atoms with E-state index < -0.39 is 0 Å². The molecule has 0 aliphatic carbocycles. The Labute approximate surface area is 176 Å². The summed E-state index contributed by atoms with van der Waals surface area (Å²) in [4.78, 5) is 26.4. The zero-order valence-corrected chi connectivity index (χ0v) is 18.7. The molecule has 2 aromatic carbocycles. The van der Waals surface area contributed by atoms with Crippen molar-refractivity contribution in [2.45, 2.75) is 20.8 Å². The van der Waals surface area contributed by atoms with Crippen molar-refractivity contribution in [1.82, 2.24) is 4.90 Å². The van der Waals surface area contributed by atoms with E-state index in [1.165, 1.54) is 0 Å². The van der Waals surface area contributed by atoms with Crippen molar-refractivity contribution in [3.63, 3.8) is 0 Å². The fourth-order valence-electron chi connectivity index (χ4n) is 2.63. The molecule has 5 nitrogen and oxygen atoms in total. The second-order valence-corrected chi connectivity index (χ2v) is 7.70. The van der Waals surface area contributed by atoms with Crippen LogP contribution in [0.3, 0.4) is 0 Å². The van der Waals surface area contributed by atoms with Crippen LogP contribution in [0.15, 0.2) is 45.3 Å². The summed E-state index contributed by atoms with van der Waals surface area (Å²) in [5.74, 6) is 0.275. The predicted octanol–water partition coefficient (Wildman–Crippen LogP) is 5.02. The molecule has 0 aliphatic heterocycles. The molecule has 7 heteroatoms. The molecule has 0 fully saturated rings. The van der Waals surface area contributed by atoms with Crippen LogP contribution in [0.25, 0.3) is 0 Å².